The number of hydrogen-bond donors (Lipinski definition) is 1. The smallest absolute Gasteiger partial charge is 0.295 e. The average molecular weight is 451 g/mol. The lowest BCUT2D eigenvalue weighted by atomic mass is 9.93. The van der Waals surface area contributed by atoms with Crippen LogP contribution in [0.1, 0.15) is 55.0 Å². The number of carbonyl (C=O) groups is 2. The number of aryl methyl sites for hydroxylation is 1. The summed E-state index contributed by atoms with van der Waals surface area (Å²) in [6.45, 7) is 9.56. The molecule has 0 aromatic heterocycles. The van der Waals surface area contributed by atoms with E-state index >= 15 is 0 Å². The minimum atomic E-state index is -0.657. The van der Waals surface area contributed by atoms with Gasteiger partial charge < -0.3 is 19.6 Å². The average Bonchev–Trinajstić information content (AvgIpc) is 3.03. The largest absolute Gasteiger partial charge is 0.507 e. The maximum absolute atomic E-state index is 13.1. The number of likely N-dealkylation sites (tertiary alicyclic amines) is 1. The summed E-state index contributed by atoms with van der Waals surface area (Å²) in [6.07, 6.45) is 0. The Bertz CT molecular complexity index is 1050. The molecule has 1 saturated heterocycles. The first-order valence-corrected chi connectivity index (χ1v) is 11.4. The highest BCUT2D eigenvalue weighted by molar-refractivity contribution is 6.46. The Labute approximate surface area is 196 Å². The van der Waals surface area contributed by atoms with Crippen molar-refractivity contribution in [2.45, 2.75) is 39.7 Å². The molecule has 1 amide bonds. The molecular formula is C27H34N2O4. The van der Waals surface area contributed by atoms with Crippen LogP contribution in [0.5, 0.6) is 5.75 Å². The third kappa shape index (κ3) is 5.11. The van der Waals surface area contributed by atoms with Crippen molar-refractivity contribution in [3.8, 4) is 5.75 Å². The molecule has 2 aromatic rings. The molecule has 33 heavy (non-hydrogen) atoms. The number of hydrogen-bond acceptors (Lipinski definition) is 5. The molecule has 1 fully saturated rings. The number of ether oxygens (including phenoxy) is 1. The van der Waals surface area contributed by atoms with E-state index in [2.05, 4.69) is 13.8 Å². The van der Waals surface area contributed by atoms with Crippen molar-refractivity contribution >= 4 is 17.4 Å². The summed E-state index contributed by atoms with van der Waals surface area (Å²) < 4.78 is 5.60. The molecule has 0 saturated carbocycles. The van der Waals surface area contributed by atoms with Crippen molar-refractivity contribution in [1.82, 2.24) is 9.80 Å². The number of carbonyl (C=O) groups excluding carboxylic acids is 2. The number of benzene rings is 2. The summed E-state index contributed by atoms with van der Waals surface area (Å²) in [5.74, 6) is -0.313. The van der Waals surface area contributed by atoms with Crippen LogP contribution in [0, 0.1) is 6.92 Å². The van der Waals surface area contributed by atoms with Gasteiger partial charge in [0, 0.05) is 18.7 Å². The Hall–Kier alpha value is -3.12. The van der Waals surface area contributed by atoms with E-state index in [-0.39, 0.29) is 11.3 Å². The number of aliphatic hydroxyl groups excluding tert-OH is 1. The number of Topliss-reactive ketones (excluding diaryl/α,β-unsaturated/α-hetero) is 1. The van der Waals surface area contributed by atoms with Crippen LogP contribution in [0.3, 0.4) is 0 Å². The van der Waals surface area contributed by atoms with Gasteiger partial charge in [-0.25, -0.2) is 0 Å². The second kappa shape index (κ2) is 10.2. The van der Waals surface area contributed by atoms with Gasteiger partial charge in [0.25, 0.3) is 11.7 Å². The molecule has 1 N–H and O–H groups in total. The number of likely N-dealkylation sites (N-methyl/N-ethyl adjacent to an activating group) is 1. The summed E-state index contributed by atoms with van der Waals surface area (Å²) in [5, 5.41) is 11.3. The molecule has 0 spiro atoms. The lowest BCUT2D eigenvalue weighted by Gasteiger charge is -2.27. The van der Waals surface area contributed by atoms with Gasteiger partial charge in [0.1, 0.15) is 11.5 Å². The highest BCUT2D eigenvalue weighted by atomic mass is 16.5. The van der Waals surface area contributed by atoms with Gasteiger partial charge in [0.2, 0.25) is 0 Å². The van der Waals surface area contributed by atoms with Gasteiger partial charge in [-0.1, -0.05) is 38.1 Å². The van der Waals surface area contributed by atoms with Gasteiger partial charge in [0.15, 0.2) is 0 Å². The molecule has 0 bridgehead atoms. The monoisotopic (exact) mass is 450 g/mol. The predicted molar refractivity (Wildman–Crippen MR) is 130 cm³/mol. The van der Waals surface area contributed by atoms with Gasteiger partial charge in [-0.3, -0.25) is 9.59 Å². The van der Waals surface area contributed by atoms with Crippen LogP contribution in [-0.2, 0) is 9.59 Å². The molecule has 1 aliphatic rings. The van der Waals surface area contributed by atoms with Crippen LogP contribution in [-0.4, -0.2) is 60.4 Å². The molecule has 1 aliphatic heterocycles. The van der Waals surface area contributed by atoms with E-state index in [1.807, 2.05) is 57.1 Å². The first-order valence-electron chi connectivity index (χ1n) is 11.4. The van der Waals surface area contributed by atoms with Gasteiger partial charge in [-0.15, -0.1) is 0 Å². The number of ketones is 1. The predicted octanol–water partition coefficient (Wildman–Crippen LogP) is 4.50. The van der Waals surface area contributed by atoms with Crippen molar-refractivity contribution < 1.29 is 19.4 Å². The second-order valence-corrected chi connectivity index (χ2v) is 9.03. The summed E-state index contributed by atoms with van der Waals surface area (Å²) in [5.41, 5.74) is 3.44. The molecule has 0 aliphatic carbocycles. The van der Waals surface area contributed by atoms with Crippen LogP contribution >= 0.6 is 0 Å². The van der Waals surface area contributed by atoms with E-state index < -0.39 is 17.7 Å². The Kier molecular flexibility index (Phi) is 7.59. The molecule has 176 valence electrons. The summed E-state index contributed by atoms with van der Waals surface area (Å²) in [4.78, 5) is 29.7. The van der Waals surface area contributed by atoms with Gasteiger partial charge >= 0.3 is 0 Å². The Morgan fingerprint density at radius 1 is 1.12 bits per heavy atom. The van der Waals surface area contributed by atoms with Crippen LogP contribution in [0.25, 0.3) is 5.76 Å². The third-order valence-electron chi connectivity index (χ3n) is 6.00. The van der Waals surface area contributed by atoms with Crippen molar-refractivity contribution in [3.05, 3.63) is 70.3 Å². The van der Waals surface area contributed by atoms with E-state index in [0.29, 0.717) is 31.2 Å². The molecule has 6 nitrogen and oxygen atoms in total. The molecule has 2 aromatic carbocycles. The standard InChI is InChI=1S/C27H34N2O4/c1-7-33-22-13-12-21(16-18(22)4)25(30)23-24(20-10-8-19(9-11-20)17(2)3)29(15-14-28(5)6)27(32)26(23)31/h8-13,16-17,24,30H,7,14-15H2,1-6H3. The maximum atomic E-state index is 13.1. The highest BCUT2D eigenvalue weighted by Crippen LogP contribution is 2.40. The van der Waals surface area contributed by atoms with E-state index in [1.165, 1.54) is 5.56 Å². The minimum absolute atomic E-state index is 0.125. The van der Waals surface area contributed by atoms with Crippen LogP contribution in [0.4, 0.5) is 0 Å². The molecule has 6 heteroatoms. The SMILES string of the molecule is CCOc1ccc(C(O)=C2C(=O)C(=O)N(CCN(C)C)C2c2ccc(C(C)C)cc2)cc1C. The highest BCUT2D eigenvalue weighted by Gasteiger charge is 2.45. The van der Waals surface area contributed by atoms with Gasteiger partial charge in [-0.05, 0) is 68.8 Å². The molecule has 0 radical (unpaired) electrons. The lowest BCUT2D eigenvalue weighted by Crippen LogP contribution is -2.35. The number of amides is 1. The van der Waals surface area contributed by atoms with Crippen molar-refractivity contribution in [2.24, 2.45) is 0 Å². The summed E-state index contributed by atoms with van der Waals surface area (Å²) >= 11 is 0. The van der Waals surface area contributed by atoms with E-state index in [9.17, 15) is 14.7 Å². The van der Waals surface area contributed by atoms with Gasteiger partial charge in [0.05, 0.1) is 18.2 Å². The number of aliphatic hydroxyl groups is 1. The minimum Gasteiger partial charge on any atom is -0.507 e. The Morgan fingerprint density at radius 3 is 2.33 bits per heavy atom. The van der Waals surface area contributed by atoms with Crippen molar-refractivity contribution in [1.29, 1.82) is 0 Å². The Morgan fingerprint density at radius 2 is 1.79 bits per heavy atom. The lowest BCUT2D eigenvalue weighted by molar-refractivity contribution is -0.140. The van der Waals surface area contributed by atoms with Crippen LogP contribution in [0.15, 0.2) is 48.0 Å². The van der Waals surface area contributed by atoms with Crippen LogP contribution < -0.4 is 4.74 Å². The van der Waals surface area contributed by atoms with Crippen molar-refractivity contribution in [3.63, 3.8) is 0 Å². The summed E-state index contributed by atoms with van der Waals surface area (Å²) in [6, 6.07) is 12.6. The molecular weight excluding hydrogens is 416 g/mol. The molecule has 1 unspecified atom stereocenters. The fourth-order valence-electron chi connectivity index (χ4n) is 4.10. The first kappa shape index (κ1) is 24.5. The fraction of sp³-hybridized carbons (Fsp3) is 0.407. The zero-order valence-corrected chi connectivity index (χ0v) is 20.4. The van der Waals surface area contributed by atoms with Crippen molar-refractivity contribution in [2.75, 3.05) is 33.8 Å². The third-order valence-corrected chi connectivity index (χ3v) is 6.00. The fourth-order valence-corrected chi connectivity index (χ4v) is 4.10. The van der Waals surface area contributed by atoms with Crippen LogP contribution in [0.2, 0.25) is 0 Å². The van der Waals surface area contributed by atoms with Gasteiger partial charge in [-0.2, -0.15) is 0 Å². The number of rotatable bonds is 8. The van der Waals surface area contributed by atoms with E-state index in [1.54, 1.807) is 23.1 Å². The van der Waals surface area contributed by atoms with E-state index in [0.717, 1.165) is 16.9 Å². The topological polar surface area (TPSA) is 70.1 Å². The Balaban J connectivity index is 2.12. The molecule has 1 atom stereocenters. The zero-order valence-electron chi connectivity index (χ0n) is 20.4. The number of nitrogens with zero attached hydrogens (tertiary/aromatic N) is 2. The molecule has 3 rings (SSSR count). The normalized spacial score (nSPS) is 17.9. The van der Waals surface area contributed by atoms with E-state index in [4.69, 9.17) is 4.74 Å². The second-order valence-electron chi connectivity index (χ2n) is 9.03. The quantitative estimate of drug-likeness (QED) is 0.364. The molecule has 1 heterocycles. The first-order chi connectivity index (χ1) is 15.6. The maximum Gasteiger partial charge on any atom is 0.295 e. The zero-order chi connectivity index (χ0) is 24.3. The summed E-state index contributed by atoms with van der Waals surface area (Å²) in [7, 11) is 3.84.